The van der Waals surface area contributed by atoms with Crippen LogP contribution in [0, 0.1) is 0 Å². The minimum Gasteiger partial charge on any atom is -0.323 e. The summed E-state index contributed by atoms with van der Waals surface area (Å²) in [7, 11) is 0. The smallest absolute Gasteiger partial charge is 0.0749 e. The van der Waals surface area contributed by atoms with E-state index in [1.807, 2.05) is 24.0 Å². The van der Waals surface area contributed by atoms with E-state index in [0.29, 0.717) is 0 Å². The fourth-order valence-corrected chi connectivity index (χ4v) is 4.14. The summed E-state index contributed by atoms with van der Waals surface area (Å²) in [5.41, 5.74) is 8.62. The fourth-order valence-electron chi connectivity index (χ4n) is 2.81. The van der Waals surface area contributed by atoms with Crippen LogP contribution in [0.25, 0.3) is 10.9 Å². The number of benzene rings is 1. The summed E-state index contributed by atoms with van der Waals surface area (Å²) in [6.07, 6.45) is 7.37. The largest absolute Gasteiger partial charge is 0.323 e. The van der Waals surface area contributed by atoms with Gasteiger partial charge in [-0.1, -0.05) is 37.1 Å². The van der Waals surface area contributed by atoms with Crippen molar-refractivity contribution >= 4 is 22.7 Å². The first kappa shape index (κ1) is 12.9. The van der Waals surface area contributed by atoms with Gasteiger partial charge in [0.2, 0.25) is 0 Å². The zero-order chi connectivity index (χ0) is 13.1. The van der Waals surface area contributed by atoms with Gasteiger partial charge in [-0.25, -0.2) is 0 Å². The van der Waals surface area contributed by atoms with Crippen molar-refractivity contribution in [3.05, 3.63) is 42.1 Å². The second kappa shape index (κ2) is 5.93. The van der Waals surface area contributed by atoms with Crippen LogP contribution in [-0.2, 0) is 0 Å². The van der Waals surface area contributed by atoms with Gasteiger partial charge in [0.15, 0.2) is 0 Å². The molecule has 1 fully saturated rings. The van der Waals surface area contributed by atoms with E-state index < -0.39 is 0 Å². The molecule has 2 nitrogen and oxygen atoms in total. The molecular weight excluding hydrogens is 252 g/mol. The Hall–Kier alpha value is -1.06. The van der Waals surface area contributed by atoms with E-state index in [1.54, 1.807) is 0 Å². The lowest BCUT2D eigenvalue weighted by molar-refractivity contribution is 0.825. The van der Waals surface area contributed by atoms with E-state index in [-0.39, 0.29) is 6.04 Å². The van der Waals surface area contributed by atoms with Gasteiger partial charge in [-0.2, -0.15) is 11.8 Å². The van der Waals surface area contributed by atoms with Crippen LogP contribution in [0.4, 0.5) is 0 Å². The second-order valence-corrected chi connectivity index (χ2v) is 6.60. The minimum absolute atomic E-state index is 0.0872. The van der Waals surface area contributed by atoms with Gasteiger partial charge in [-0.05, 0) is 24.5 Å². The number of nitrogens with zero attached hydrogens (tertiary/aromatic N) is 1. The second-order valence-electron chi connectivity index (χ2n) is 5.27. The van der Waals surface area contributed by atoms with Gasteiger partial charge in [0.05, 0.1) is 5.52 Å². The van der Waals surface area contributed by atoms with Crippen molar-refractivity contribution in [3.63, 3.8) is 0 Å². The number of hydrogen-bond donors (Lipinski definition) is 1. The van der Waals surface area contributed by atoms with Gasteiger partial charge >= 0.3 is 0 Å². The molecule has 1 aliphatic rings. The quantitative estimate of drug-likeness (QED) is 0.917. The summed E-state index contributed by atoms with van der Waals surface area (Å²) < 4.78 is 0. The van der Waals surface area contributed by atoms with Crippen molar-refractivity contribution in [3.8, 4) is 0 Å². The van der Waals surface area contributed by atoms with Gasteiger partial charge in [0, 0.05) is 28.6 Å². The average molecular weight is 272 g/mol. The summed E-state index contributed by atoms with van der Waals surface area (Å²) in [5.74, 6) is 1.00. The summed E-state index contributed by atoms with van der Waals surface area (Å²) in [5, 5.41) is 2.01. The Morgan fingerprint density at radius 2 is 2.00 bits per heavy atom. The standard InChI is InChI=1S/C16H20N2S/c17-15(11-19-13-7-1-2-8-13)14-9-3-5-12-6-4-10-18-16(12)14/h3-6,9-10,13,15H,1-2,7-8,11,17H2. The van der Waals surface area contributed by atoms with Crippen molar-refractivity contribution in [2.75, 3.05) is 5.75 Å². The lowest BCUT2D eigenvalue weighted by atomic mass is 10.0. The third kappa shape index (κ3) is 2.93. The first-order valence-electron chi connectivity index (χ1n) is 7.05. The highest BCUT2D eigenvalue weighted by Gasteiger charge is 2.18. The molecule has 1 heterocycles. The molecule has 1 saturated carbocycles. The number of nitrogens with two attached hydrogens (primary N) is 1. The van der Waals surface area contributed by atoms with Crippen LogP contribution >= 0.6 is 11.8 Å². The summed E-state index contributed by atoms with van der Waals surface area (Å²) in [4.78, 5) is 4.49. The topological polar surface area (TPSA) is 38.9 Å². The van der Waals surface area contributed by atoms with Crippen LogP contribution in [0.2, 0.25) is 0 Å². The molecule has 0 bridgehead atoms. The first-order valence-corrected chi connectivity index (χ1v) is 8.10. The van der Waals surface area contributed by atoms with E-state index in [0.717, 1.165) is 16.5 Å². The van der Waals surface area contributed by atoms with Crippen molar-refractivity contribution < 1.29 is 0 Å². The van der Waals surface area contributed by atoms with Gasteiger partial charge in [0.1, 0.15) is 0 Å². The molecule has 1 aromatic heterocycles. The molecule has 0 saturated heterocycles. The molecule has 2 N–H and O–H groups in total. The summed E-state index contributed by atoms with van der Waals surface area (Å²) >= 11 is 2.04. The number of aromatic nitrogens is 1. The SMILES string of the molecule is NC(CSC1CCCC1)c1cccc2cccnc12. The maximum Gasteiger partial charge on any atom is 0.0749 e. The molecule has 3 heteroatoms. The Morgan fingerprint density at radius 3 is 2.84 bits per heavy atom. The van der Waals surface area contributed by atoms with Crippen LogP contribution in [-0.4, -0.2) is 16.0 Å². The zero-order valence-corrected chi connectivity index (χ0v) is 11.9. The molecule has 1 aromatic carbocycles. The van der Waals surface area contributed by atoms with Crippen LogP contribution in [0.5, 0.6) is 0 Å². The lowest BCUT2D eigenvalue weighted by Crippen LogP contribution is -2.15. The highest BCUT2D eigenvalue weighted by Crippen LogP contribution is 2.32. The number of para-hydroxylation sites is 1. The molecule has 0 radical (unpaired) electrons. The molecular formula is C16H20N2S. The Balaban J connectivity index is 1.75. The summed E-state index contributed by atoms with van der Waals surface area (Å²) in [6.45, 7) is 0. The molecule has 0 aliphatic heterocycles. The highest BCUT2D eigenvalue weighted by atomic mass is 32.2. The van der Waals surface area contributed by atoms with Crippen molar-refractivity contribution in [2.45, 2.75) is 37.0 Å². The van der Waals surface area contributed by atoms with E-state index in [9.17, 15) is 0 Å². The van der Waals surface area contributed by atoms with E-state index >= 15 is 0 Å². The third-order valence-corrected chi connectivity index (χ3v) is 5.37. The van der Waals surface area contributed by atoms with Gasteiger partial charge in [0.25, 0.3) is 0 Å². The Kier molecular flexibility index (Phi) is 4.04. The van der Waals surface area contributed by atoms with Crippen LogP contribution in [0.15, 0.2) is 36.5 Å². The Bertz CT molecular complexity index is 544. The number of hydrogen-bond acceptors (Lipinski definition) is 3. The first-order chi connectivity index (χ1) is 9.34. The number of thioether (sulfide) groups is 1. The van der Waals surface area contributed by atoms with E-state index in [1.165, 1.54) is 36.6 Å². The molecule has 19 heavy (non-hydrogen) atoms. The van der Waals surface area contributed by atoms with E-state index in [4.69, 9.17) is 5.73 Å². The fraction of sp³-hybridized carbons (Fsp3) is 0.438. The monoisotopic (exact) mass is 272 g/mol. The van der Waals surface area contributed by atoms with Crippen LogP contribution in [0.1, 0.15) is 37.3 Å². The predicted octanol–water partition coefficient (Wildman–Crippen LogP) is 3.91. The molecule has 0 spiro atoms. The van der Waals surface area contributed by atoms with Crippen molar-refractivity contribution in [1.29, 1.82) is 0 Å². The number of rotatable bonds is 4. The minimum atomic E-state index is 0.0872. The molecule has 0 amide bonds. The molecule has 2 aromatic rings. The Morgan fingerprint density at radius 1 is 1.21 bits per heavy atom. The molecule has 1 atom stereocenters. The number of fused-ring (bicyclic) bond motifs is 1. The molecule has 100 valence electrons. The van der Waals surface area contributed by atoms with E-state index in [2.05, 4.69) is 29.2 Å². The normalized spacial score (nSPS) is 17.9. The Labute approximate surface area is 118 Å². The third-order valence-electron chi connectivity index (χ3n) is 3.88. The maximum atomic E-state index is 6.38. The van der Waals surface area contributed by atoms with Crippen molar-refractivity contribution in [1.82, 2.24) is 4.98 Å². The number of pyridine rings is 1. The highest BCUT2D eigenvalue weighted by molar-refractivity contribution is 7.99. The van der Waals surface area contributed by atoms with Crippen LogP contribution < -0.4 is 5.73 Å². The molecule has 1 aliphatic carbocycles. The predicted molar refractivity (Wildman–Crippen MR) is 83.4 cm³/mol. The van der Waals surface area contributed by atoms with Crippen molar-refractivity contribution in [2.24, 2.45) is 5.73 Å². The van der Waals surface area contributed by atoms with Gasteiger partial charge in [-0.3, -0.25) is 4.98 Å². The maximum absolute atomic E-state index is 6.38. The van der Waals surface area contributed by atoms with Gasteiger partial charge in [-0.15, -0.1) is 0 Å². The lowest BCUT2D eigenvalue weighted by Gasteiger charge is -2.16. The zero-order valence-electron chi connectivity index (χ0n) is 11.1. The molecule has 3 rings (SSSR count). The van der Waals surface area contributed by atoms with Gasteiger partial charge < -0.3 is 5.73 Å². The summed E-state index contributed by atoms with van der Waals surface area (Å²) in [6, 6.07) is 10.5. The molecule has 1 unspecified atom stereocenters. The van der Waals surface area contributed by atoms with Crippen LogP contribution in [0.3, 0.4) is 0 Å². The average Bonchev–Trinajstić information content (AvgIpc) is 2.97.